The molecular weight excluding hydrogens is 204 g/mol. The Bertz CT molecular complexity index is 475. The van der Waals surface area contributed by atoms with Crippen molar-refractivity contribution < 1.29 is 9.53 Å². The lowest BCUT2D eigenvalue weighted by molar-refractivity contribution is -0.129. The Morgan fingerprint density at radius 1 is 1.25 bits per heavy atom. The number of hydrogen-bond donors (Lipinski definition) is 1. The maximum Gasteiger partial charge on any atom is 0.337 e. The van der Waals surface area contributed by atoms with E-state index >= 15 is 0 Å². The second-order valence-corrected chi connectivity index (χ2v) is 3.09. The van der Waals surface area contributed by atoms with Crippen LogP contribution < -0.4 is 4.74 Å². The number of nitrogens with one attached hydrogen (secondary N) is 1. The zero-order valence-electron chi connectivity index (χ0n) is 8.46. The molecule has 0 saturated heterocycles. The number of H-pyrrole nitrogens is 1. The van der Waals surface area contributed by atoms with Crippen LogP contribution in [0.5, 0.6) is 5.88 Å². The van der Waals surface area contributed by atoms with Crippen LogP contribution in [0.15, 0.2) is 48.7 Å². The zero-order chi connectivity index (χ0) is 11.2. The highest BCUT2D eigenvalue weighted by Gasteiger charge is 2.00. The predicted molar refractivity (Wildman–Crippen MR) is 59.7 cm³/mol. The topological polar surface area (TPSA) is 55.0 Å². The van der Waals surface area contributed by atoms with E-state index in [1.54, 1.807) is 12.1 Å². The van der Waals surface area contributed by atoms with Crippen molar-refractivity contribution in [2.75, 3.05) is 0 Å². The summed E-state index contributed by atoms with van der Waals surface area (Å²) in [5.41, 5.74) is 0.948. The van der Waals surface area contributed by atoms with Crippen LogP contribution in [0.3, 0.4) is 0 Å². The van der Waals surface area contributed by atoms with E-state index < -0.39 is 5.97 Å². The summed E-state index contributed by atoms with van der Waals surface area (Å²) in [5, 5.41) is 6.21. The lowest BCUT2D eigenvalue weighted by Crippen LogP contribution is -2.03. The highest BCUT2D eigenvalue weighted by molar-refractivity contribution is 5.88. The number of carbonyl (C=O) groups excluding carboxylic acids is 1. The fourth-order valence-corrected chi connectivity index (χ4v) is 1.17. The van der Waals surface area contributed by atoms with Gasteiger partial charge in [-0.05, 0) is 11.6 Å². The van der Waals surface area contributed by atoms with Gasteiger partial charge in [-0.15, -0.1) is 0 Å². The molecule has 0 spiro atoms. The first kappa shape index (κ1) is 10.2. The molecular formula is C12H10N2O2. The number of benzene rings is 1. The first-order chi connectivity index (χ1) is 7.84. The van der Waals surface area contributed by atoms with Crippen LogP contribution in [-0.4, -0.2) is 16.2 Å². The summed E-state index contributed by atoms with van der Waals surface area (Å²) in [6.45, 7) is 0. The van der Waals surface area contributed by atoms with E-state index in [0.717, 1.165) is 5.56 Å². The number of aromatic nitrogens is 2. The SMILES string of the molecule is O=C(/C=C/c1ccccc1)Oc1ccn[nH]1. The molecule has 0 aliphatic rings. The first-order valence-electron chi connectivity index (χ1n) is 4.79. The minimum atomic E-state index is -0.437. The summed E-state index contributed by atoms with van der Waals surface area (Å²) in [6.07, 6.45) is 4.58. The van der Waals surface area contributed by atoms with Crippen molar-refractivity contribution in [1.82, 2.24) is 10.2 Å². The van der Waals surface area contributed by atoms with Gasteiger partial charge in [0.2, 0.25) is 5.88 Å². The molecule has 4 nitrogen and oxygen atoms in total. The van der Waals surface area contributed by atoms with Crippen molar-refractivity contribution >= 4 is 12.0 Å². The summed E-state index contributed by atoms with van der Waals surface area (Å²) in [5.74, 6) is -0.101. The number of esters is 1. The van der Waals surface area contributed by atoms with Crippen molar-refractivity contribution in [2.45, 2.75) is 0 Å². The third-order valence-electron chi connectivity index (χ3n) is 1.90. The van der Waals surface area contributed by atoms with Crippen LogP contribution in [0.1, 0.15) is 5.56 Å². The van der Waals surface area contributed by atoms with E-state index in [2.05, 4.69) is 10.2 Å². The summed E-state index contributed by atoms with van der Waals surface area (Å²) >= 11 is 0. The van der Waals surface area contributed by atoms with E-state index in [9.17, 15) is 4.79 Å². The second-order valence-electron chi connectivity index (χ2n) is 3.09. The number of ether oxygens (including phenoxy) is 1. The smallest absolute Gasteiger partial charge is 0.337 e. The van der Waals surface area contributed by atoms with Crippen molar-refractivity contribution in [3.63, 3.8) is 0 Å². The highest BCUT2D eigenvalue weighted by Crippen LogP contribution is 2.04. The van der Waals surface area contributed by atoms with Crippen LogP contribution in [0.2, 0.25) is 0 Å². The molecule has 2 aromatic rings. The third kappa shape index (κ3) is 2.81. The average molecular weight is 214 g/mol. The van der Waals surface area contributed by atoms with Gasteiger partial charge in [-0.2, -0.15) is 5.10 Å². The van der Waals surface area contributed by atoms with Crippen LogP contribution in [-0.2, 0) is 4.79 Å². The quantitative estimate of drug-likeness (QED) is 0.628. The van der Waals surface area contributed by atoms with Crippen molar-refractivity contribution in [3.8, 4) is 5.88 Å². The van der Waals surface area contributed by atoms with E-state index in [1.165, 1.54) is 12.3 Å². The van der Waals surface area contributed by atoms with Crippen LogP contribution >= 0.6 is 0 Å². The number of carbonyl (C=O) groups is 1. The summed E-state index contributed by atoms with van der Waals surface area (Å²) in [7, 11) is 0. The molecule has 0 amide bonds. The molecule has 0 atom stereocenters. The fraction of sp³-hybridized carbons (Fsp3) is 0. The minimum absolute atomic E-state index is 0.336. The maximum absolute atomic E-state index is 11.3. The summed E-state index contributed by atoms with van der Waals surface area (Å²) < 4.78 is 4.93. The molecule has 1 N–H and O–H groups in total. The van der Waals surface area contributed by atoms with Gasteiger partial charge in [-0.3, -0.25) is 0 Å². The largest absolute Gasteiger partial charge is 0.405 e. The molecule has 0 aliphatic heterocycles. The highest BCUT2D eigenvalue weighted by atomic mass is 16.5. The molecule has 0 aliphatic carbocycles. The number of nitrogens with zero attached hydrogens (tertiary/aromatic N) is 1. The van der Waals surface area contributed by atoms with Crippen molar-refractivity contribution in [3.05, 3.63) is 54.2 Å². The molecule has 2 rings (SSSR count). The van der Waals surface area contributed by atoms with Gasteiger partial charge in [0.25, 0.3) is 0 Å². The van der Waals surface area contributed by atoms with Gasteiger partial charge in [0, 0.05) is 12.1 Å². The fourth-order valence-electron chi connectivity index (χ4n) is 1.17. The predicted octanol–water partition coefficient (Wildman–Crippen LogP) is 2.03. The van der Waals surface area contributed by atoms with E-state index in [1.807, 2.05) is 30.3 Å². The van der Waals surface area contributed by atoms with Crippen LogP contribution in [0.25, 0.3) is 6.08 Å². The van der Waals surface area contributed by atoms with Crippen molar-refractivity contribution in [2.24, 2.45) is 0 Å². The normalized spacial score (nSPS) is 10.5. The van der Waals surface area contributed by atoms with Crippen LogP contribution in [0, 0.1) is 0 Å². The van der Waals surface area contributed by atoms with Crippen LogP contribution in [0.4, 0.5) is 0 Å². The molecule has 80 valence electrons. The first-order valence-corrected chi connectivity index (χ1v) is 4.79. The van der Waals surface area contributed by atoms with Gasteiger partial charge in [0.15, 0.2) is 0 Å². The Labute approximate surface area is 92.6 Å². The van der Waals surface area contributed by atoms with Gasteiger partial charge in [0.1, 0.15) is 0 Å². The number of aromatic amines is 1. The molecule has 1 aromatic carbocycles. The van der Waals surface area contributed by atoms with E-state index in [4.69, 9.17) is 4.74 Å². The van der Waals surface area contributed by atoms with E-state index in [0.29, 0.717) is 5.88 Å². The molecule has 0 bridgehead atoms. The molecule has 0 saturated carbocycles. The molecule has 0 unspecified atom stereocenters. The Morgan fingerprint density at radius 3 is 2.75 bits per heavy atom. The molecule has 16 heavy (non-hydrogen) atoms. The molecule has 1 aromatic heterocycles. The Hall–Kier alpha value is -2.36. The molecule has 0 radical (unpaired) electrons. The lowest BCUT2D eigenvalue weighted by Gasteiger charge is -1.95. The van der Waals surface area contributed by atoms with Gasteiger partial charge >= 0.3 is 5.97 Å². The van der Waals surface area contributed by atoms with Gasteiger partial charge in [0.05, 0.1) is 6.20 Å². The summed E-state index contributed by atoms with van der Waals surface area (Å²) in [6, 6.07) is 11.1. The number of rotatable bonds is 3. The zero-order valence-corrected chi connectivity index (χ0v) is 8.46. The monoisotopic (exact) mass is 214 g/mol. The summed E-state index contributed by atoms with van der Waals surface area (Å²) in [4.78, 5) is 11.3. The molecule has 4 heteroatoms. The molecule has 0 fully saturated rings. The maximum atomic E-state index is 11.3. The van der Waals surface area contributed by atoms with Gasteiger partial charge in [-0.1, -0.05) is 30.3 Å². The molecule has 1 heterocycles. The Balaban J connectivity index is 1.95. The Kier molecular flexibility index (Phi) is 3.13. The second kappa shape index (κ2) is 4.93. The van der Waals surface area contributed by atoms with Crippen molar-refractivity contribution in [1.29, 1.82) is 0 Å². The minimum Gasteiger partial charge on any atom is -0.405 e. The Morgan fingerprint density at radius 2 is 2.06 bits per heavy atom. The van der Waals surface area contributed by atoms with E-state index in [-0.39, 0.29) is 0 Å². The lowest BCUT2D eigenvalue weighted by atomic mass is 10.2. The van der Waals surface area contributed by atoms with Gasteiger partial charge < -0.3 is 4.74 Å². The third-order valence-corrected chi connectivity index (χ3v) is 1.90. The van der Waals surface area contributed by atoms with Gasteiger partial charge in [-0.25, -0.2) is 9.89 Å². The average Bonchev–Trinajstić information content (AvgIpc) is 2.81. The standard InChI is InChI=1S/C12H10N2O2/c15-12(16-11-8-9-13-14-11)7-6-10-4-2-1-3-5-10/h1-9H,(H,13,14)/b7-6+. The number of hydrogen-bond acceptors (Lipinski definition) is 3.